The standard InChI is InChI=1S/C31H32N6O5S/c1-36-28(18-32-30(39)24-7-5-6-8-27(24)42-4)33-34-31(36)43-19-29(38)37-26(21-11-15-23(41-3)16-12-21)17-25(35-37)20-9-13-22(40-2)14-10-20/h5-16,26H,17-19H2,1-4H3,(H,32,39). The Balaban J connectivity index is 1.27. The maximum absolute atomic E-state index is 13.6. The topological polar surface area (TPSA) is 120 Å². The molecule has 1 aliphatic rings. The van der Waals surface area contributed by atoms with Gasteiger partial charge in [0, 0.05) is 13.5 Å². The van der Waals surface area contributed by atoms with Gasteiger partial charge < -0.3 is 24.1 Å². The molecule has 2 amide bonds. The van der Waals surface area contributed by atoms with Crippen LogP contribution in [-0.4, -0.2) is 64.4 Å². The van der Waals surface area contributed by atoms with Crippen LogP contribution in [0.2, 0.25) is 0 Å². The molecule has 0 fully saturated rings. The molecule has 43 heavy (non-hydrogen) atoms. The number of benzene rings is 3. The van der Waals surface area contributed by atoms with Gasteiger partial charge in [0.1, 0.15) is 17.2 Å². The Morgan fingerprint density at radius 3 is 2.26 bits per heavy atom. The second-order valence-corrected chi connectivity index (χ2v) is 10.6. The van der Waals surface area contributed by atoms with E-state index in [4.69, 9.17) is 19.3 Å². The third-order valence-electron chi connectivity index (χ3n) is 7.10. The van der Waals surface area contributed by atoms with Crippen LogP contribution in [0.1, 0.15) is 39.8 Å². The zero-order valence-electron chi connectivity index (χ0n) is 24.3. The Hall–Kier alpha value is -4.84. The van der Waals surface area contributed by atoms with Gasteiger partial charge in [-0.15, -0.1) is 10.2 Å². The number of thioether (sulfide) groups is 1. The highest BCUT2D eigenvalue weighted by atomic mass is 32.2. The second kappa shape index (κ2) is 13.4. The molecule has 0 radical (unpaired) electrons. The summed E-state index contributed by atoms with van der Waals surface area (Å²) in [5, 5.41) is 18.2. The zero-order valence-corrected chi connectivity index (χ0v) is 25.1. The summed E-state index contributed by atoms with van der Waals surface area (Å²) in [7, 11) is 6.56. The third kappa shape index (κ3) is 6.64. The van der Waals surface area contributed by atoms with E-state index in [2.05, 4.69) is 15.5 Å². The molecule has 0 bridgehead atoms. The lowest BCUT2D eigenvalue weighted by Gasteiger charge is -2.22. The molecular formula is C31H32N6O5S. The van der Waals surface area contributed by atoms with Crippen molar-refractivity contribution < 1.29 is 23.8 Å². The molecule has 5 rings (SSSR count). The van der Waals surface area contributed by atoms with Crippen LogP contribution in [-0.2, 0) is 18.4 Å². The van der Waals surface area contributed by atoms with Gasteiger partial charge in [-0.2, -0.15) is 5.10 Å². The highest BCUT2D eigenvalue weighted by Gasteiger charge is 2.33. The number of hydrogen-bond donors (Lipinski definition) is 1. The number of carbonyl (C=O) groups is 2. The van der Waals surface area contributed by atoms with Crippen molar-refractivity contribution in [3.05, 3.63) is 95.3 Å². The lowest BCUT2D eigenvalue weighted by molar-refractivity contribution is -0.130. The van der Waals surface area contributed by atoms with Gasteiger partial charge >= 0.3 is 0 Å². The zero-order chi connectivity index (χ0) is 30.3. The maximum Gasteiger partial charge on any atom is 0.255 e. The fourth-order valence-electron chi connectivity index (χ4n) is 4.69. The lowest BCUT2D eigenvalue weighted by atomic mass is 9.98. The molecule has 1 unspecified atom stereocenters. The Labute approximate surface area is 253 Å². The molecule has 1 aliphatic heterocycles. The third-order valence-corrected chi connectivity index (χ3v) is 8.10. The monoisotopic (exact) mass is 600 g/mol. The van der Waals surface area contributed by atoms with Crippen LogP contribution in [0.5, 0.6) is 17.2 Å². The number of rotatable bonds is 11. The lowest BCUT2D eigenvalue weighted by Crippen LogP contribution is -2.28. The number of aromatic nitrogens is 3. The summed E-state index contributed by atoms with van der Waals surface area (Å²) < 4.78 is 17.6. The predicted molar refractivity (Wildman–Crippen MR) is 163 cm³/mol. The van der Waals surface area contributed by atoms with Crippen molar-refractivity contribution in [2.24, 2.45) is 12.1 Å². The molecule has 0 saturated heterocycles. The molecule has 222 valence electrons. The van der Waals surface area contributed by atoms with Crippen molar-refractivity contribution in [3.63, 3.8) is 0 Å². The highest BCUT2D eigenvalue weighted by molar-refractivity contribution is 7.99. The van der Waals surface area contributed by atoms with Crippen molar-refractivity contribution in [3.8, 4) is 17.2 Å². The van der Waals surface area contributed by atoms with Crippen LogP contribution in [0.25, 0.3) is 0 Å². The molecule has 1 N–H and O–H groups in total. The molecule has 0 spiro atoms. The van der Waals surface area contributed by atoms with Gasteiger partial charge in [-0.1, -0.05) is 36.0 Å². The van der Waals surface area contributed by atoms with Crippen molar-refractivity contribution >= 4 is 29.3 Å². The molecule has 11 nitrogen and oxygen atoms in total. The Morgan fingerprint density at radius 2 is 1.58 bits per heavy atom. The minimum absolute atomic E-state index is 0.103. The van der Waals surface area contributed by atoms with Crippen LogP contribution in [0.4, 0.5) is 0 Å². The highest BCUT2D eigenvalue weighted by Crippen LogP contribution is 2.35. The number of hydrogen-bond acceptors (Lipinski definition) is 9. The number of methoxy groups -OCH3 is 3. The second-order valence-electron chi connectivity index (χ2n) is 9.64. The Bertz CT molecular complexity index is 1620. The largest absolute Gasteiger partial charge is 0.497 e. The number of nitrogens with zero attached hydrogens (tertiary/aromatic N) is 5. The van der Waals surface area contributed by atoms with Gasteiger partial charge in [0.2, 0.25) is 0 Å². The number of hydrazone groups is 1. The van der Waals surface area contributed by atoms with E-state index in [1.807, 2.05) is 48.5 Å². The smallest absolute Gasteiger partial charge is 0.255 e. The molecule has 2 heterocycles. The Kier molecular flexibility index (Phi) is 9.26. The van der Waals surface area contributed by atoms with Gasteiger partial charge in [-0.3, -0.25) is 9.59 Å². The Morgan fingerprint density at radius 1 is 0.907 bits per heavy atom. The molecule has 0 aliphatic carbocycles. The quantitative estimate of drug-likeness (QED) is 0.254. The van der Waals surface area contributed by atoms with E-state index < -0.39 is 0 Å². The predicted octanol–water partition coefficient (Wildman–Crippen LogP) is 4.24. The fraction of sp³-hybridized carbons (Fsp3) is 0.258. The first-order valence-electron chi connectivity index (χ1n) is 13.5. The van der Waals surface area contributed by atoms with Crippen molar-refractivity contribution in [2.75, 3.05) is 27.1 Å². The minimum atomic E-state index is -0.283. The summed E-state index contributed by atoms with van der Waals surface area (Å²) in [5.74, 6) is 2.18. The number of ether oxygens (including phenoxy) is 3. The fourth-order valence-corrected chi connectivity index (χ4v) is 5.47. The summed E-state index contributed by atoms with van der Waals surface area (Å²) in [6.07, 6.45) is 0.565. The summed E-state index contributed by atoms with van der Waals surface area (Å²) in [4.78, 5) is 26.3. The van der Waals surface area contributed by atoms with E-state index in [0.717, 1.165) is 28.3 Å². The number of nitrogens with one attached hydrogen (secondary N) is 1. The van der Waals surface area contributed by atoms with Crippen LogP contribution < -0.4 is 19.5 Å². The van der Waals surface area contributed by atoms with Crippen LogP contribution in [0, 0.1) is 0 Å². The number of carbonyl (C=O) groups excluding carboxylic acids is 2. The van der Waals surface area contributed by atoms with Gasteiger partial charge in [-0.05, 0) is 59.7 Å². The van der Waals surface area contributed by atoms with Crippen LogP contribution >= 0.6 is 11.8 Å². The van der Waals surface area contributed by atoms with E-state index in [1.165, 1.54) is 18.9 Å². The first-order valence-corrected chi connectivity index (χ1v) is 14.5. The van der Waals surface area contributed by atoms with Crippen LogP contribution in [0.15, 0.2) is 83.1 Å². The van der Waals surface area contributed by atoms with Gasteiger partial charge in [-0.25, -0.2) is 5.01 Å². The van der Waals surface area contributed by atoms with E-state index >= 15 is 0 Å². The molecule has 0 saturated carbocycles. The minimum Gasteiger partial charge on any atom is -0.497 e. The normalized spacial score (nSPS) is 14.3. The SMILES string of the molecule is COc1ccc(C2=NN(C(=O)CSc3nnc(CNC(=O)c4ccccc4OC)n3C)C(c3ccc(OC)cc3)C2)cc1. The number of para-hydroxylation sites is 1. The van der Waals surface area contributed by atoms with Crippen LogP contribution in [0.3, 0.4) is 0 Å². The van der Waals surface area contributed by atoms with Crippen molar-refractivity contribution in [1.82, 2.24) is 25.1 Å². The van der Waals surface area contributed by atoms with Crippen molar-refractivity contribution in [1.29, 1.82) is 0 Å². The molecule has 1 atom stereocenters. The molecule has 1 aromatic heterocycles. The number of amides is 2. The average molecular weight is 601 g/mol. The maximum atomic E-state index is 13.6. The molecule has 12 heteroatoms. The summed E-state index contributed by atoms with van der Waals surface area (Å²) >= 11 is 1.26. The van der Waals surface area contributed by atoms with E-state index in [0.29, 0.717) is 28.7 Å². The van der Waals surface area contributed by atoms with Gasteiger partial charge in [0.05, 0.1) is 50.9 Å². The average Bonchev–Trinajstić information content (AvgIpc) is 3.66. The molecular weight excluding hydrogens is 568 g/mol. The van der Waals surface area contributed by atoms with Gasteiger partial charge in [0.25, 0.3) is 11.8 Å². The van der Waals surface area contributed by atoms with Crippen molar-refractivity contribution in [2.45, 2.75) is 24.2 Å². The van der Waals surface area contributed by atoms with E-state index in [-0.39, 0.29) is 30.2 Å². The molecule has 4 aromatic rings. The summed E-state index contributed by atoms with van der Waals surface area (Å²) in [5.41, 5.74) is 3.13. The van der Waals surface area contributed by atoms with E-state index in [9.17, 15) is 9.59 Å². The first-order chi connectivity index (χ1) is 20.9. The van der Waals surface area contributed by atoms with Gasteiger partial charge in [0.15, 0.2) is 11.0 Å². The molecule has 3 aromatic carbocycles. The summed E-state index contributed by atoms with van der Waals surface area (Å²) in [6.45, 7) is 0.163. The van der Waals surface area contributed by atoms with E-state index in [1.54, 1.807) is 55.1 Å². The summed E-state index contributed by atoms with van der Waals surface area (Å²) in [6, 6.07) is 22.0. The first kappa shape index (κ1) is 29.6.